The van der Waals surface area contributed by atoms with Gasteiger partial charge in [-0.05, 0) is 29.8 Å². The van der Waals surface area contributed by atoms with E-state index in [1.807, 2.05) is 24.5 Å². The van der Waals surface area contributed by atoms with Gasteiger partial charge in [0, 0.05) is 12.4 Å². The molecule has 0 saturated carbocycles. The normalized spacial score (nSPS) is 10.2. The minimum atomic E-state index is -0.596. The predicted octanol–water partition coefficient (Wildman–Crippen LogP) is 2.08. The van der Waals surface area contributed by atoms with Crippen molar-refractivity contribution in [2.24, 2.45) is 0 Å². The zero-order valence-corrected chi connectivity index (χ0v) is 8.02. The number of phenols is 1. The van der Waals surface area contributed by atoms with E-state index in [1.165, 1.54) is 12.1 Å². The lowest BCUT2D eigenvalue weighted by molar-refractivity contribution is 0.432. The lowest BCUT2D eigenvalue weighted by atomic mass is 10.2. The van der Waals surface area contributed by atoms with Crippen LogP contribution in [0.1, 0.15) is 5.56 Å². The number of aromatic nitrogens is 1. The molecule has 0 saturated heterocycles. The summed E-state index contributed by atoms with van der Waals surface area (Å²) in [6, 6.07) is 8.12. The van der Waals surface area contributed by atoms with Crippen LogP contribution in [0, 0.1) is 5.82 Å². The van der Waals surface area contributed by atoms with Gasteiger partial charge in [0.15, 0.2) is 11.6 Å². The summed E-state index contributed by atoms with van der Waals surface area (Å²) in [6.45, 7) is 0.506. The van der Waals surface area contributed by atoms with Crippen molar-refractivity contribution in [1.29, 1.82) is 0 Å². The van der Waals surface area contributed by atoms with Gasteiger partial charge in [-0.1, -0.05) is 6.07 Å². The largest absolute Gasteiger partial charge is 0.505 e. The fraction of sp³-hybridized carbons (Fsp3) is 0.0909. The first-order valence-electron chi connectivity index (χ1n) is 4.60. The van der Waals surface area contributed by atoms with Crippen LogP contribution < -0.4 is 5.43 Å². The molecule has 0 unspecified atom stereocenters. The topological polar surface area (TPSA) is 37.2 Å². The maximum Gasteiger partial charge on any atom is 0.165 e. The molecule has 2 N–H and O–H groups in total. The summed E-state index contributed by atoms with van der Waals surface area (Å²) >= 11 is 0. The SMILES string of the molecule is Oc1ccc(CNn2cccc2)cc1F. The molecule has 2 rings (SSSR count). The molecular formula is C11H11FN2O. The van der Waals surface area contributed by atoms with Crippen molar-refractivity contribution >= 4 is 0 Å². The molecule has 0 aliphatic carbocycles. The maximum atomic E-state index is 13.0. The molecule has 0 radical (unpaired) electrons. The Morgan fingerprint density at radius 3 is 2.67 bits per heavy atom. The third-order valence-corrected chi connectivity index (χ3v) is 2.08. The molecule has 0 bridgehead atoms. The lowest BCUT2D eigenvalue weighted by Crippen LogP contribution is -2.11. The Bertz CT molecular complexity index is 440. The van der Waals surface area contributed by atoms with Gasteiger partial charge in [-0.25, -0.2) is 4.39 Å². The fourth-order valence-electron chi connectivity index (χ4n) is 1.28. The number of halogens is 1. The van der Waals surface area contributed by atoms with Crippen LogP contribution in [0.2, 0.25) is 0 Å². The number of hydrogen-bond acceptors (Lipinski definition) is 2. The van der Waals surface area contributed by atoms with Crippen LogP contribution in [0.5, 0.6) is 5.75 Å². The van der Waals surface area contributed by atoms with E-state index in [0.29, 0.717) is 6.54 Å². The Kier molecular flexibility index (Phi) is 2.58. The van der Waals surface area contributed by atoms with Crippen molar-refractivity contribution in [3.05, 3.63) is 54.1 Å². The average Bonchev–Trinajstić information content (AvgIpc) is 2.73. The number of nitrogens with one attached hydrogen (secondary N) is 1. The second-order valence-electron chi connectivity index (χ2n) is 3.21. The molecule has 3 nitrogen and oxygen atoms in total. The number of aromatic hydroxyl groups is 1. The highest BCUT2D eigenvalue weighted by Crippen LogP contribution is 2.15. The van der Waals surface area contributed by atoms with E-state index in [-0.39, 0.29) is 5.75 Å². The minimum Gasteiger partial charge on any atom is -0.505 e. The van der Waals surface area contributed by atoms with E-state index in [2.05, 4.69) is 5.43 Å². The molecule has 0 fully saturated rings. The first-order valence-corrected chi connectivity index (χ1v) is 4.60. The van der Waals surface area contributed by atoms with Crippen molar-refractivity contribution in [3.8, 4) is 5.75 Å². The van der Waals surface area contributed by atoms with Gasteiger partial charge >= 0.3 is 0 Å². The van der Waals surface area contributed by atoms with Gasteiger partial charge in [0.25, 0.3) is 0 Å². The predicted molar refractivity (Wildman–Crippen MR) is 55.6 cm³/mol. The van der Waals surface area contributed by atoms with E-state index < -0.39 is 5.82 Å². The molecule has 0 amide bonds. The van der Waals surface area contributed by atoms with Crippen LogP contribution in [0.25, 0.3) is 0 Å². The first kappa shape index (κ1) is 9.58. The maximum absolute atomic E-state index is 13.0. The van der Waals surface area contributed by atoms with Crippen molar-refractivity contribution in [2.45, 2.75) is 6.54 Å². The highest BCUT2D eigenvalue weighted by atomic mass is 19.1. The molecule has 4 heteroatoms. The van der Waals surface area contributed by atoms with Crippen molar-refractivity contribution in [2.75, 3.05) is 5.43 Å². The Labute approximate surface area is 86.8 Å². The molecule has 1 heterocycles. The third kappa shape index (κ3) is 2.28. The van der Waals surface area contributed by atoms with Gasteiger partial charge in [0.1, 0.15) is 0 Å². The van der Waals surface area contributed by atoms with Crippen LogP contribution in [0.4, 0.5) is 4.39 Å². The highest BCUT2D eigenvalue weighted by molar-refractivity contribution is 5.28. The molecule has 0 atom stereocenters. The lowest BCUT2D eigenvalue weighted by Gasteiger charge is -2.07. The Morgan fingerprint density at radius 2 is 2.00 bits per heavy atom. The van der Waals surface area contributed by atoms with E-state index >= 15 is 0 Å². The minimum absolute atomic E-state index is 0.320. The van der Waals surface area contributed by atoms with Crippen molar-refractivity contribution in [3.63, 3.8) is 0 Å². The Morgan fingerprint density at radius 1 is 1.27 bits per heavy atom. The Hall–Kier alpha value is -1.97. The van der Waals surface area contributed by atoms with E-state index in [9.17, 15) is 4.39 Å². The van der Waals surface area contributed by atoms with Gasteiger partial charge in [-0.3, -0.25) is 4.68 Å². The van der Waals surface area contributed by atoms with Gasteiger partial charge in [0.2, 0.25) is 0 Å². The fourth-order valence-corrected chi connectivity index (χ4v) is 1.28. The first-order chi connectivity index (χ1) is 7.25. The summed E-state index contributed by atoms with van der Waals surface area (Å²) in [5.41, 5.74) is 3.83. The number of benzene rings is 1. The van der Waals surface area contributed by atoms with Crippen LogP contribution in [0.3, 0.4) is 0 Å². The number of nitrogens with zero attached hydrogens (tertiary/aromatic N) is 1. The van der Waals surface area contributed by atoms with E-state index in [0.717, 1.165) is 5.56 Å². The molecular weight excluding hydrogens is 195 g/mol. The number of hydrogen-bond donors (Lipinski definition) is 2. The zero-order valence-electron chi connectivity index (χ0n) is 8.02. The molecule has 0 spiro atoms. The quantitative estimate of drug-likeness (QED) is 0.806. The molecule has 0 aliphatic rings. The summed E-state index contributed by atoms with van der Waals surface area (Å²) in [6.07, 6.45) is 3.72. The summed E-state index contributed by atoms with van der Waals surface area (Å²) in [5.74, 6) is -0.915. The van der Waals surface area contributed by atoms with Gasteiger partial charge < -0.3 is 10.5 Å². The smallest absolute Gasteiger partial charge is 0.165 e. The highest BCUT2D eigenvalue weighted by Gasteiger charge is 2.00. The molecule has 0 aliphatic heterocycles. The molecule has 15 heavy (non-hydrogen) atoms. The third-order valence-electron chi connectivity index (χ3n) is 2.08. The number of phenolic OH excluding ortho intramolecular Hbond substituents is 1. The zero-order chi connectivity index (χ0) is 10.7. The summed E-state index contributed by atoms with van der Waals surface area (Å²) < 4.78 is 14.7. The van der Waals surface area contributed by atoms with Crippen LogP contribution in [-0.4, -0.2) is 9.78 Å². The molecule has 78 valence electrons. The molecule has 1 aromatic heterocycles. The second kappa shape index (κ2) is 4.04. The van der Waals surface area contributed by atoms with E-state index in [1.54, 1.807) is 10.7 Å². The monoisotopic (exact) mass is 206 g/mol. The van der Waals surface area contributed by atoms with E-state index in [4.69, 9.17) is 5.11 Å². The summed E-state index contributed by atoms with van der Waals surface area (Å²) in [7, 11) is 0. The van der Waals surface area contributed by atoms with Crippen molar-refractivity contribution < 1.29 is 9.50 Å². The molecule has 2 aromatic rings. The van der Waals surface area contributed by atoms with Crippen molar-refractivity contribution in [1.82, 2.24) is 4.68 Å². The average molecular weight is 206 g/mol. The molecule has 1 aromatic carbocycles. The van der Waals surface area contributed by atoms with Crippen LogP contribution in [-0.2, 0) is 6.54 Å². The Balaban J connectivity index is 2.02. The summed E-state index contributed by atoms with van der Waals surface area (Å²) in [5, 5.41) is 9.00. The van der Waals surface area contributed by atoms with Crippen LogP contribution >= 0.6 is 0 Å². The van der Waals surface area contributed by atoms with Crippen LogP contribution in [0.15, 0.2) is 42.7 Å². The summed E-state index contributed by atoms with van der Waals surface area (Å²) in [4.78, 5) is 0. The standard InChI is InChI=1S/C11H11FN2O/c12-10-7-9(3-4-11(10)15)8-13-14-5-1-2-6-14/h1-7,13,15H,8H2. The number of rotatable bonds is 3. The van der Waals surface area contributed by atoms with Gasteiger partial charge in [-0.15, -0.1) is 0 Å². The van der Waals surface area contributed by atoms with Gasteiger partial charge in [-0.2, -0.15) is 0 Å². The van der Waals surface area contributed by atoms with Gasteiger partial charge in [0.05, 0.1) is 6.54 Å². The second-order valence-corrected chi connectivity index (χ2v) is 3.21.